The minimum absolute atomic E-state index is 0. The topological polar surface area (TPSA) is 120 Å². The van der Waals surface area contributed by atoms with Gasteiger partial charge in [-0.2, -0.15) is 0 Å². The summed E-state index contributed by atoms with van der Waals surface area (Å²) in [5.74, 6) is 0. The molecule has 10 heteroatoms. The van der Waals surface area contributed by atoms with E-state index in [1.54, 1.807) is 0 Å². The minimum Gasteiger partial charge on any atom is -0.595 e. The largest absolute Gasteiger partial charge is 3.00 e. The number of hydrogen-bond donors (Lipinski definition) is 0. The maximum absolute atomic E-state index is 12.4. The molecule has 0 saturated heterocycles. The van der Waals surface area contributed by atoms with E-state index in [2.05, 4.69) is 62.3 Å². The van der Waals surface area contributed by atoms with Gasteiger partial charge in [0.25, 0.3) is 0 Å². The van der Waals surface area contributed by atoms with E-state index >= 15 is 0 Å². The molecular formula is C78H159NdO6P3+3. The Hall–Kier alpha value is 1.53. The van der Waals surface area contributed by atoms with Crippen molar-refractivity contribution < 1.29 is 69.2 Å². The van der Waals surface area contributed by atoms with E-state index in [4.69, 9.17) is 0 Å². The quantitative estimate of drug-likeness (QED) is 0.0442. The smallest absolute Gasteiger partial charge is 0.595 e. The molecule has 0 aliphatic carbocycles. The van der Waals surface area contributed by atoms with Gasteiger partial charge in [-0.25, -0.2) is 0 Å². The van der Waals surface area contributed by atoms with Crippen LogP contribution in [-0.2, 0) is 13.7 Å². The molecule has 523 valence electrons. The first-order valence-electron chi connectivity index (χ1n) is 39.8. The minimum atomic E-state index is -2.33. The first kappa shape index (κ1) is 95.9. The van der Waals surface area contributed by atoms with Gasteiger partial charge in [-0.05, 0) is 116 Å². The molecule has 0 saturated carbocycles. The SMILES string of the molecule is CCCCCCCCCC(CCCCCCCC)(CCCCCCCC)[P+](=O)[O-].CCCCCCCCCC(CCCCCCCC)(CCCCCCCC)[P+](=O)[O-].CCCCCCCCCC(CCCCCCCC)(CCCCCCCC)[P+](=O)[O-].[Nd+3]. The van der Waals surface area contributed by atoms with Gasteiger partial charge in [0, 0.05) is 0 Å². The summed E-state index contributed by atoms with van der Waals surface area (Å²) in [5.41, 5.74) is 0. The molecule has 0 aliphatic heterocycles. The molecular weight excluding hydrogens is 1270 g/mol. The van der Waals surface area contributed by atoms with Crippen LogP contribution in [0, 0.1) is 40.8 Å². The maximum Gasteiger partial charge on any atom is 3.00 e. The van der Waals surface area contributed by atoms with Crippen LogP contribution in [0.4, 0.5) is 0 Å². The molecule has 0 fully saturated rings. The van der Waals surface area contributed by atoms with E-state index in [0.29, 0.717) is 0 Å². The van der Waals surface area contributed by atoms with E-state index in [0.717, 1.165) is 116 Å². The van der Waals surface area contributed by atoms with Crippen LogP contribution in [0.2, 0.25) is 0 Å². The Morgan fingerprint density at radius 1 is 0.170 bits per heavy atom. The fourth-order valence-corrected chi connectivity index (χ4v) is 16.7. The molecule has 0 bridgehead atoms. The first-order valence-corrected chi connectivity index (χ1v) is 43.3. The standard InChI is InChI=1S/3C26H53O2P.Nd/c3*1-4-7-10-13-16-19-22-25-26(29(27)28,23-20-17-14-11-8-5-2)24-21-18-15-12-9-6-3;/h3*4-25H2,1-3H3;/q;;;+3. The van der Waals surface area contributed by atoms with Crippen molar-refractivity contribution >= 4 is 24.1 Å². The van der Waals surface area contributed by atoms with Crippen LogP contribution in [0.15, 0.2) is 0 Å². The van der Waals surface area contributed by atoms with Crippen LogP contribution in [-0.4, -0.2) is 15.5 Å². The van der Waals surface area contributed by atoms with Gasteiger partial charge in [-0.1, -0.05) is 384 Å². The average Bonchev–Trinajstić information content (AvgIpc) is 3.51. The van der Waals surface area contributed by atoms with Crippen LogP contribution >= 0.6 is 24.1 Å². The van der Waals surface area contributed by atoms with Gasteiger partial charge >= 0.3 is 64.9 Å². The Morgan fingerprint density at radius 2 is 0.250 bits per heavy atom. The fourth-order valence-electron chi connectivity index (χ4n) is 13.6. The van der Waals surface area contributed by atoms with Crippen LogP contribution in [0.1, 0.15) is 486 Å². The third-order valence-electron chi connectivity index (χ3n) is 19.9. The van der Waals surface area contributed by atoms with Crippen molar-refractivity contribution in [1.29, 1.82) is 0 Å². The molecule has 0 heterocycles. The monoisotopic (exact) mass is 1430 g/mol. The first-order chi connectivity index (χ1) is 42.4. The van der Waals surface area contributed by atoms with Crippen molar-refractivity contribution in [1.82, 2.24) is 0 Å². The van der Waals surface area contributed by atoms with Crippen molar-refractivity contribution in [2.24, 2.45) is 0 Å². The van der Waals surface area contributed by atoms with Gasteiger partial charge in [0.15, 0.2) is 15.5 Å². The molecule has 6 nitrogen and oxygen atoms in total. The van der Waals surface area contributed by atoms with E-state index in [-0.39, 0.29) is 40.8 Å². The summed E-state index contributed by atoms with van der Waals surface area (Å²) in [7, 11) is -7.00. The zero-order chi connectivity index (χ0) is 64.9. The van der Waals surface area contributed by atoms with Crippen molar-refractivity contribution in [3.63, 3.8) is 0 Å². The Bertz CT molecular complexity index is 1190. The van der Waals surface area contributed by atoms with E-state index in [9.17, 15) is 28.4 Å². The van der Waals surface area contributed by atoms with Gasteiger partial charge < -0.3 is 14.7 Å². The molecule has 0 aromatic rings. The third-order valence-corrected chi connectivity index (χ3v) is 24.2. The zero-order valence-corrected chi connectivity index (χ0v) is 67.4. The predicted molar refractivity (Wildman–Crippen MR) is 387 cm³/mol. The van der Waals surface area contributed by atoms with Crippen LogP contribution in [0.3, 0.4) is 0 Å². The van der Waals surface area contributed by atoms with Crippen molar-refractivity contribution in [2.75, 3.05) is 0 Å². The Kier molecular flexibility index (Phi) is 82.7. The fraction of sp³-hybridized carbons (Fsp3) is 1.00. The molecule has 0 spiro atoms. The van der Waals surface area contributed by atoms with Crippen molar-refractivity contribution in [3.05, 3.63) is 0 Å². The second-order valence-electron chi connectivity index (χ2n) is 28.2. The maximum atomic E-state index is 12.4. The molecule has 0 amide bonds. The summed E-state index contributed by atoms with van der Waals surface area (Å²) in [5, 5.41) is -1.23. The van der Waals surface area contributed by atoms with Gasteiger partial charge in [0.1, 0.15) is 0 Å². The van der Waals surface area contributed by atoms with Crippen LogP contribution in [0.5, 0.6) is 0 Å². The van der Waals surface area contributed by atoms with E-state index in [1.807, 2.05) is 0 Å². The number of rotatable bonds is 69. The van der Waals surface area contributed by atoms with Gasteiger partial charge in [0.2, 0.25) is 0 Å². The second-order valence-corrected chi connectivity index (χ2v) is 32.6. The molecule has 88 heavy (non-hydrogen) atoms. The summed E-state index contributed by atoms with van der Waals surface area (Å²) in [6, 6.07) is 0. The second kappa shape index (κ2) is 75.9. The van der Waals surface area contributed by atoms with Gasteiger partial charge in [-0.15, -0.1) is 0 Å². The molecule has 0 aliphatic rings. The van der Waals surface area contributed by atoms with Crippen molar-refractivity contribution in [2.45, 2.75) is 502 Å². The Morgan fingerprint density at radius 3 is 0.330 bits per heavy atom. The average molecular weight is 1430 g/mol. The number of unbranched alkanes of at least 4 members (excludes halogenated alkanes) is 48. The van der Waals surface area contributed by atoms with Gasteiger partial charge in [-0.3, -0.25) is 0 Å². The van der Waals surface area contributed by atoms with E-state index < -0.39 is 39.6 Å². The van der Waals surface area contributed by atoms with Crippen LogP contribution in [0.25, 0.3) is 0 Å². The summed E-state index contributed by atoms with van der Waals surface area (Å²) in [4.78, 5) is 37.2. The molecule has 0 aromatic heterocycles. The summed E-state index contributed by atoms with van der Waals surface area (Å²) in [6.45, 7) is 20.2. The molecule has 3 unspecified atom stereocenters. The Balaban J connectivity index is -0.000000598. The third kappa shape index (κ3) is 61.1. The molecule has 0 rings (SSSR count). The summed E-state index contributed by atoms with van der Waals surface area (Å²) < 4.78 is 37.2. The normalized spacial score (nSPS) is 12.3. The van der Waals surface area contributed by atoms with E-state index in [1.165, 1.54) is 308 Å². The molecule has 3 atom stereocenters. The zero-order valence-electron chi connectivity index (χ0n) is 61.5. The van der Waals surface area contributed by atoms with Crippen LogP contribution < -0.4 is 14.7 Å². The molecule has 1 radical (unpaired) electrons. The Labute approximate surface area is 590 Å². The predicted octanol–water partition coefficient (Wildman–Crippen LogP) is 28.4. The molecule has 0 N–H and O–H groups in total. The molecule has 0 aromatic carbocycles. The number of hydrogen-bond acceptors (Lipinski definition) is 6. The van der Waals surface area contributed by atoms with Gasteiger partial charge in [0.05, 0.1) is 0 Å². The summed E-state index contributed by atoms with van der Waals surface area (Å²) >= 11 is 0. The van der Waals surface area contributed by atoms with Crippen molar-refractivity contribution in [3.8, 4) is 0 Å². The summed E-state index contributed by atoms with van der Waals surface area (Å²) in [6.07, 6.45) is 79.6.